The van der Waals surface area contributed by atoms with Crippen LogP contribution in [0.25, 0.3) is 16.9 Å². The Kier molecular flexibility index (Phi) is 8.81. The second kappa shape index (κ2) is 12.4. The van der Waals surface area contributed by atoms with Gasteiger partial charge in [0.25, 0.3) is 5.56 Å². The van der Waals surface area contributed by atoms with Crippen LogP contribution in [0.15, 0.2) is 66.1 Å². The number of hydrogen-bond acceptors (Lipinski definition) is 9. The van der Waals surface area contributed by atoms with E-state index in [0.717, 1.165) is 31.6 Å². The molecule has 0 unspecified atom stereocenters. The van der Waals surface area contributed by atoms with Crippen LogP contribution in [0.1, 0.15) is 43.9 Å². The molecule has 3 aromatic heterocycles. The van der Waals surface area contributed by atoms with Crippen molar-refractivity contribution in [2.24, 2.45) is 0 Å². The molecule has 1 fully saturated rings. The summed E-state index contributed by atoms with van der Waals surface area (Å²) in [5, 5.41) is 13.5. The molecule has 5 rings (SSSR count). The van der Waals surface area contributed by atoms with Crippen LogP contribution in [-0.2, 0) is 21.8 Å². The van der Waals surface area contributed by atoms with Gasteiger partial charge in [-0.05, 0) is 61.7 Å². The molecule has 228 valence electrons. The molecule has 1 aromatic carbocycles. The Hall–Kier alpha value is -3.87. The van der Waals surface area contributed by atoms with Crippen LogP contribution in [0.5, 0.6) is 0 Å². The fourth-order valence-corrected chi connectivity index (χ4v) is 5.95. The highest BCUT2D eigenvalue weighted by atomic mass is 32.2. The van der Waals surface area contributed by atoms with E-state index in [4.69, 9.17) is 9.97 Å². The van der Waals surface area contributed by atoms with Crippen molar-refractivity contribution in [1.29, 1.82) is 0 Å². The number of aliphatic hydroxyl groups is 1. The lowest BCUT2D eigenvalue weighted by Crippen LogP contribution is -2.36. The van der Waals surface area contributed by atoms with Crippen LogP contribution in [0, 0.1) is 0 Å². The maximum atomic E-state index is 13.3. The smallest absolute Gasteiger partial charge is 0.278 e. The monoisotopic (exact) mass is 605 g/mol. The zero-order valence-electron chi connectivity index (χ0n) is 24.9. The molecule has 1 aliphatic heterocycles. The summed E-state index contributed by atoms with van der Waals surface area (Å²) in [6, 6.07) is 13.7. The van der Waals surface area contributed by atoms with Gasteiger partial charge in [0.05, 0.1) is 24.6 Å². The van der Waals surface area contributed by atoms with E-state index in [1.165, 1.54) is 22.7 Å². The minimum absolute atomic E-state index is 0.0745. The fraction of sp³-hybridized carbons (Fsp3) is 0.419. The molecule has 1 aliphatic rings. The van der Waals surface area contributed by atoms with E-state index in [9.17, 15) is 18.3 Å². The molecule has 0 atom stereocenters. The summed E-state index contributed by atoms with van der Waals surface area (Å²) in [7, 11) is -2.95. The highest BCUT2D eigenvalue weighted by Gasteiger charge is 2.24. The first-order valence-electron chi connectivity index (χ1n) is 14.4. The van der Waals surface area contributed by atoms with Gasteiger partial charge in [-0.25, -0.2) is 27.7 Å². The lowest BCUT2D eigenvalue weighted by atomic mass is 9.89. The maximum Gasteiger partial charge on any atom is 0.278 e. The lowest BCUT2D eigenvalue weighted by Gasteiger charge is -2.32. The van der Waals surface area contributed by atoms with Crippen LogP contribution >= 0.6 is 0 Å². The summed E-state index contributed by atoms with van der Waals surface area (Å²) < 4.78 is 26.2. The first-order chi connectivity index (χ1) is 20.5. The zero-order chi connectivity index (χ0) is 30.8. The van der Waals surface area contributed by atoms with Gasteiger partial charge in [0, 0.05) is 30.1 Å². The first kappa shape index (κ1) is 30.6. The number of hydrogen-bond donors (Lipinski definition) is 2. The Bertz CT molecular complexity index is 1770. The molecule has 0 radical (unpaired) electrons. The predicted octanol–water partition coefficient (Wildman–Crippen LogP) is 3.40. The third kappa shape index (κ3) is 6.87. The number of aromatic nitrogens is 5. The Morgan fingerprint density at radius 2 is 1.84 bits per heavy atom. The zero-order valence-corrected chi connectivity index (χ0v) is 25.7. The molecule has 0 aliphatic carbocycles. The van der Waals surface area contributed by atoms with Gasteiger partial charge in [0.15, 0.2) is 11.5 Å². The van der Waals surface area contributed by atoms with Gasteiger partial charge in [0.1, 0.15) is 15.2 Å². The number of sulfone groups is 1. The highest BCUT2D eigenvalue weighted by Crippen LogP contribution is 2.29. The van der Waals surface area contributed by atoms with Gasteiger partial charge < -0.3 is 15.3 Å². The molecule has 0 amide bonds. The number of nitrogens with one attached hydrogen (secondary N) is 1. The standard InChI is InChI=1S/C31H39N7O4S/c1-5-15-37-29(40)25-20-32-30(35-28(25)38(37)27-8-6-7-26(34-27)31(2,3)21-39)33-24-11-9-22(10-12-24)23-13-16-36(17-14-23)18-19-43(4,41)42/h5-12,20,23,39H,1,13-19,21H2,2-4H3,(H,32,33,35). The molecule has 12 heteroatoms. The number of piperidine rings is 1. The number of rotatable bonds is 11. The lowest BCUT2D eigenvalue weighted by molar-refractivity contribution is 0.215. The van der Waals surface area contributed by atoms with Crippen LogP contribution < -0.4 is 10.9 Å². The van der Waals surface area contributed by atoms with Crippen molar-refractivity contribution in [3.05, 3.63) is 82.9 Å². The average molecular weight is 606 g/mol. The Morgan fingerprint density at radius 1 is 1.12 bits per heavy atom. The van der Waals surface area contributed by atoms with Crippen molar-refractivity contribution in [2.45, 2.75) is 44.6 Å². The summed E-state index contributed by atoms with van der Waals surface area (Å²) in [4.78, 5) is 29.5. The van der Waals surface area contributed by atoms with E-state index >= 15 is 0 Å². The molecule has 4 heterocycles. The minimum atomic E-state index is -2.95. The van der Waals surface area contributed by atoms with Crippen molar-refractivity contribution < 1.29 is 13.5 Å². The number of likely N-dealkylation sites (tertiary alicyclic amines) is 1. The maximum absolute atomic E-state index is 13.3. The third-order valence-corrected chi connectivity index (χ3v) is 8.95. The molecule has 0 bridgehead atoms. The van der Waals surface area contributed by atoms with Gasteiger partial charge in [-0.15, -0.1) is 6.58 Å². The molecule has 0 spiro atoms. The quantitative estimate of drug-likeness (QED) is 0.247. The minimum Gasteiger partial charge on any atom is -0.395 e. The van der Waals surface area contributed by atoms with Gasteiger partial charge >= 0.3 is 0 Å². The second-order valence-corrected chi connectivity index (χ2v) is 14.1. The van der Waals surface area contributed by atoms with E-state index in [0.29, 0.717) is 41.0 Å². The summed E-state index contributed by atoms with van der Waals surface area (Å²) in [5.74, 6) is 1.47. The number of pyridine rings is 1. The predicted molar refractivity (Wildman–Crippen MR) is 169 cm³/mol. The third-order valence-electron chi connectivity index (χ3n) is 8.02. The van der Waals surface area contributed by atoms with E-state index < -0.39 is 15.3 Å². The van der Waals surface area contributed by atoms with Gasteiger partial charge in [-0.2, -0.15) is 4.98 Å². The number of fused-ring (bicyclic) bond motifs is 1. The van der Waals surface area contributed by atoms with E-state index in [1.54, 1.807) is 16.8 Å². The largest absolute Gasteiger partial charge is 0.395 e. The van der Waals surface area contributed by atoms with E-state index in [-0.39, 0.29) is 24.5 Å². The van der Waals surface area contributed by atoms with E-state index in [1.807, 2.05) is 38.1 Å². The topological polar surface area (TPSA) is 135 Å². The van der Waals surface area contributed by atoms with Crippen molar-refractivity contribution in [1.82, 2.24) is 29.2 Å². The Balaban J connectivity index is 1.37. The molecular weight excluding hydrogens is 566 g/mol. The Labute approximate surface area is 251 Å². The van der Waals surface area contributed by atoms with Gasteiger partial charge in [-0.1, -0.05) is 38.1 Å². The van der Waals surface area contributed by atoms with Crippen LogP contribution in [-0.4, -0.2) is 81.0 Å². The first-order valence-corrected chi connectivity index (χ1v) is 16.5. The molecule has 4 aromatic rings. The number of benzene rings is 1. The molecule has 11 nitrogen and oxygen atoms in total. The van der Waals surface area contributed by atoms with Gasteiger partial charge in [-0.3, -0.25) is 4.79 Å². The Morgan fingerprint density at radius 3 is 2.49 bits per heavy atom. The molecule has 1 saturated heterocycles. The van der Waals surface area contributed by atoms with Crippen molar-refractivity contribution in [3.63, 3.8) is 0 Å². The second-order valence-electron chi connectivity index (χ2n) is 11.8. The summed E-state index contributed by atoms with van der Waals surface area (Å²) in [6.07, 6.45) is 6.43. The molecular formula is C31H39N7O4S. The molecule has 0 saturated carbocycles. The van der Waals surface area contributed by atoms with Crippen molar-refractivity contribution in [2.75, 3.05) is 43.6 Å². The number of aliphatic hydroxyl groups excluding tert-OH is 1. The summed E-state index contributed by atoms with van der Waals surface area (Å²) in [5.41, 5.74) is 2.36. The SMILES string of the molecule is C=CCn1c(=O)c2cnc(Nc3ccc(C4CCN(CCS(C)(=O)=O)CC4)cc3)nc2n1-c1cccc(C(C)(C)CO)n1. The van der Waals surface area contributed by atoms with Crippen LogP contribution in [0.2, 0.25) is 0 Å². The number of anilines is 2. The van der Waals surface area contributed by atoms with Gasteiger partial charge in [0.2, 0.25) is 5.95 Å². The fourth-order valence-electron chi connectivity index (χ4n) is 5.36. The van der Waals surface area contributed by atoms with Crippen LogP contribution in [0.4, 0.5) is 11.6 Å². The van der Waals surface area contributed by atoms with Crippen molar-refractivity contribution in [3.8, 4) is 5.82 Å². The number of allylic oxidation sites excluding steroid dienone is 1. The average Bonchev–Trinajstić information content (AvgIpc) is 3.27. The summed E-state index contributed by atoms with van der Waals surface area (Å²) in [6.45, 7) is 10.2. The summed E-state index contributed by atoms with van der Waals surface area (Å²) >= 11 is 0. The van der Waals surface area contributed by atoms with E-state index in [2.05, 4.69) is 33.9 Å². The molecule has 43 heavy (non-hydrogen) atoms. The number of nitrogens with zero attached hydrogens (tertiary/aromatic N) is 6. The normalized spacial score (nSPS) is 15.2. The highest BCUT2D eigenvalue weighted by molar-refractivity contribution is 7.90. The molecule has 2 N–H and O–H groups in total. The van der Waals surface area contributed by atoms with Crippen molar-refractivity contribution >= 4 is 32.5 Å². The van der Waals surface area contributed by atoms with Crippen LogP contribution in [0.3, 0.4) is 0 Å².